The lowest BCUT2D eigenvalue weighted by atomic mass is 9.92. The lowest BCUT2D eigenvalue weighted by Gasteiger charge is -2.21. The number of carbonyl (C=O) groups excluding carboxylic acids is 1. The summed E-state index contributed by atoms with van der Waals surface area (Å²) in [5, 5.41) is 0. The van der Waals surface area contributed by atoms with Crippen LogP contribution in [0.5, 0.6) is 11.5 Å². The van der Waals surface area contributed by atoms with Crippen LogP contribution in [0.1, 0.15) is 31.7 Å². The van der Waals surface area contributed by atoms with E-state index in [-0.39, 0.29) is 18.9 Å². The van der Waals surface area contributed by atoms with Gasteiger partial charge >= 0.3 is 5.97 Å². The van der Waals surface area contributed by atoms with Crippen molar-refractivity contribution in [1.82, 2.24) is 0 Å². The molecule has 0 amide bonds. The maximum absolute atomic E-state index is 11.0. The zero-order valence-corrected chi connectivity index (χ0v) is 10.8. The van der Waals surface area contributed by atoms with Crippen molar-refractivity contribution in [3.8, 4) is 11.5 Å². The molecule has 1 atom stereocenters. The molecular weight excluding hydrogens is 244 g/mol. The van der Waals surface area contributed by atoms with Gasteiger partial charge in [0.15, 0.2) is 11.5 Å². The summed E-state index contributed by atoms with van der Waals surface area (Å²) in [6.07, 6.45) is 4.86. The van der Waals surface area contributed by atoms with Crippen molar-refractivity contribution >= 4 is 11.5 Å². The van der Waals surface area contributed by atoms with E-state index in [1.54, 1.807) is 0 Å². The quantitative estimate of drug-likeness (QED) is 0.767. The molecule has 0 spiro atoms. The van der Waals surface area contributed by atoms with Gasteiger partial charge in [0, 0.05) is 6.92 Å². The Morgan fingerprint density at radius 1 is 1.32 bits per heavy atom. The van der Waals surface area contributed by atoms with E-state index in [0.29, 0.717) is 0 Å². The van der Waals surface area contributed by atoms with Crippen LogP contribution in [0.15, 0.2) is 24.3 Å². The second kappa shape index (κ2) is 4.96. The van der Waals surface area contributed by atoms with Crippen molar-refractivity contribution in [3.05, 3.63) is 29.8 Å². The van der Waals surface area contributed by atoms with Crippen LogP contribution >= 0.6 is 0 Å². The molecule has 0 bridgehead atoms. The van der Waals surface area contributed by atoms with Crippen LogP contribution in [0.4, 0.5) is 0 Å². The average molecular weight is 260 g/mol. The Bertz CT molecular complexity index is 533. The van der Waals surface area contributed by atoms with Gasteiger partial charge < -0.3 is 14.2 Å². The Hall–Kier alpha value is -1.97. The third-order valence-corrected chi connectivity index (χ3v) is 3.38. The van der Waals surface area contributed by atoms with Crippen molar-refractivity contribution < 1.29 is 19.0 Å². The minimum Gasteiger partial charge on any atom is -0.458 e. The third-order valence-electron chi connectivity index (χ3n) is 3.38. The summed E-state index contributed by atoms with van der Waals surface area (Å²) in [5.74, 6) is 1.35. The van der Waals surface area contributed by atoms with Gasteiger partial charge in [-0.3, -0.25) is 4.79 Å². The predicted molar refractivity (Wildman–Crippen MR) is 69.9 cm³/mol. The maximum Gasteiger partial charge on any atom is 0.303 e. The van der Waals surface area contributed by atoms with Crippen LogP contribution < -0.4 is 9.47 Å². The molecule has 1 aliphatic carbocycles. The number of ether oxygens (including phenoxy) is 3. The van der Waals surface area contributed by atoms with E-state index in [9.17, 15) is 4.79 Å². The van der Waals surface area contributed by atoms with Crippen LogP contribution in [-0.2, 0) is 9.53 Å². The number of allylic oxidation sites excluding steroid dienone is 1. The summed E-state index contributed by atoms with van der Waals surface area (Å²) in [4.78, 5) is 11.0. The second-order valence-corrected chi connectivity index (χ2v) is 4.80. The lowest BCUT2D eigenvalue weighted by molar-refractivity contribution is -0.144. The van der Waals surface area contributed by atoms with Crippen molar-refractivity contribution in [2.24, 2.45) is 0 Å². The van der Waals surface area contributed by atoms with E-state index >= 15 is 0 Å². The highest BCUT2D eigenvalue weighted by atomic mass is 16.7. The standard InChI is InChI=1S/C15H16O4/c1-10(16)19-13-4-2-3-11(7-13)12-5-6-14-15(8-12)18-9-17-14/h5-8,13H,2-4,9H2,1H3. The molecule has 0 radical (unpaired) electrons. The Labute approximate surface area is 112 Å². The Kier molecular flexibility index (Phi) is 3.15. The Balaban J connectivity index is 1.84. The number of rotatable bonds is 2. The zero-order valence-electron chi connectivity index (χ0n) is 10.8. The molecule has 19 heavy (non-hydrogen) atoms. The molecule has 2 aliphatic rings. The SMILES string of the molecule is CC(=O)OC1C=C(c2ccc3c(c2)OCO3)CCC1. The van der Waals surface area contributed by atoms with Gasteiger partial charge in [0.2, 0.25) is 6.79 Å². The summed E-state index contributed by atoms with van der Waals surface area (Å²) in [7, 11) is 0. The van der Waals surface area contributed by atoms with Gasteiger partial charge in [-0.2, -0.15) is 0 Å². The third kappa shape index (κ3) is 2.57. The Morgan fingerprint density at radius 2 is 2.16 bits per heavy atom. The van der Waals surface area contributed by atoms with Crippen LogP contribution in [-0.4, -0.2) is 18.9 Å². The van der Waals surface area contributed by atoms with Crippen LogP contribution in [0.25, 0.3) is 5.57 Å². The molecule has 1 aromatic carbocycles. The maximum atomic E-state index is 11.0. The van der Waals surface area contributed by atoms with Gasteiger partial charge in [-0.15, -0.1) is 0 Å². The minimum atomic E-state index is -0.229. The van der Waals surface area contributed by atoms with Crippen LogP contribution in [0.3, 0.4) is 0 Å². The van der Waals surface area contributed by atoms with Gasteiger partial charge in [0.1, 0.15) is 6.10 Å². The Morgan fingerprint density at radius 3 is 3.00 bits per heavy atom. The number of carbonyl (C=O) groups is 1. The average Bonchev–Trinajstić information content (AvgIpc) is 2.85. The molecule has 0 N–H and O–H groups in total. The number of esters is 1. The molecule has 0 saturated carbocycles. The number of hydrogen-bond donors (Lipinski definition) is 0. The second-order valence-electron chi connectivity index (χ2n) is 4.80. The van der Waals surface area contributed by atoms with Gasteiger partial charge in [-0.25, -0.2) is 0 Å². The molecule has 3 rings (SSSR count). The van der Waals surface area contributed by atoms with Gasteiger partial charge in [-0.05, 0) is 48.6 Å². The van der Waals surface area contributed by atoms with Crippen molar-refractivity contribution in [2.45, 2.75) is 32.3 Å². The first-order valence-electron chi connectivity index (χ1n) is 6.50. The molecule has 4 nitrogen and oxygen atoms in total. The summed E-state index contributed by atoms with van der Waals surface area (Å²) in [6, 6.07) is 5.94. The number of benzene rings is 1. The molecule has 1 aromatic rings. The first kappa shape index (κ1) is 12.1. The first-order valence-corrected chi connectivity index (χ1v) is 6.50. The van der Waals surface area contributed by atoms with E-state index in [1.807, 2.05) is 24.3 Å². The molecule has 0 aromatic heterocycles. The van der Waals surface area contributed by atoms with E-state index in [2.05, 4.69) is 0 Å². The predicted octanol–water partition coefficient (Wildman–Crippen LogP) is 2.91. The van der Waals surface area contributed by atoms with E-state index < -0.39 is 0 Å². The molecule has 100 valence electrons. The van der Waals surface area contributed by atoms with Crippen LogP contribution in [0.2, 0.25) is 0 Å². The lowest BCUT2D eigenvalue weighted by Crippen LogP contribution is -2.17. The fraction of sp³-hybridized carbons (Fsp3) is 0.400. The molecule has 1 unspecified atom stereocenters. The van der Waals surface area contributed by atoms with Gasteiger partial charge in [-0.1, -0.05) is 6.07 Å². The topological polar surface area (TPSA) is 44.8 Å². The molecule has 0 fully saturated rings. The molecule has 1 aliphatic heterocycles. The molecular formula is C15H16O4. The van der Waals surface area contributed by atoms with E-state index in [0.717, 1.165) is 36.3 Å². The summed E-state index contributed by atoms with van der Waals surface area (Å²) in [6.45, 7) is 1.73. The molecule has 1 heterocycles. The van der Waals surface area contributed by atoms with E-state index in [1.165, 1.54) is 12.5 Å². The highest BCUT2D eigenvalue weighted by Gasteiger charge is 2.19. The summed E-state index contributed by atoms with van der Waals surface area (Å²) >= 11 is 0. The summed E-state index contributed by atoms with van der Waals surface area (Å²) in [5.41, 5.74) is 2.32. The van der Waals surface area contributed by atoms with Gasteiger partial charge in [0.05, 0.1) is 0 Å². The largest absolute Gasteiger partial charge is 0.458 e. The summed E-state index contributed by atoms with van der Waals surface area (Å²) < 4.78 is 16.0. The van der Waals surface area contributed by atoms with E-state index in [4.69, 9.17) is 14.2 Å². The fourth-order valence-electron chi connectivity index (χ4n) is 2.53. The molecule has 4 heteroatoms. The minimum absolute atomic E-state index is 0.105. The number of hydrogen-bond acceptors (Lipinski definition) is 4. The smallest absolute Gasteiger partial charge is 0.303 e. The normalized spacial score (nSPS) is 20.9. The zero-order chi connectivity index (χ0) is 13.2. The van der Waals surface area contributed by atoms with Crippen LogP contribution in [0, 0.1) is 0 Å². The van der Waals surface area contributed by atoms with Crippen molar-refractivity contribution in [2.75, 3.05) is 6.79 Å². The van der Waals surface area contributed by atoms with Crippen molar-refractivity contribution in [1.29, 1.82) is 0 Å². The first-order chi connectivity index (χ1) is 9.22. The van der Waals surface area contributed by atoms with Gasteiger partial charge in [0.25, 0.3) is 0 Å². The fourth-order valence-corrected chi connectivity index (χ4v) is 2.53. The number of fused-ring (bicyclic) bond motifs is 1. The molecule has 0 saturated heterocycles. The monoisotopic (exact) mass is 260 g/mol. The highest BCUT2D eigenvalue weighted by molar-refractivity contribution is 5.71. The van der Waals surface area contributed by atoms with Crippen molar-refractivity contribution in [3.63, 3.8) is 0 Å². The highest BCUT2D eigenvalue weighted by Crippen LogP contribution is 2.37.